The quantitative estimate of drug-likeness (QED) is 0.194. The van der Waals surface area contributed by atoms with Gasteiger partial charge in [-0.15, -0.1) is 0 Å². The minimum atomic E-state index is -0.566. The van der Waals surface area contributed by atoms with Gasteiger partial charge in [-0.3, -0.25) is 4.79 Å². The summed E-state index contributed by atoms with van der Waals surface area (Å²) in [6.45, 7) is 6.87. The molecule has 0 saturated carbocycles. The number of carbonyl (C=O) groups is 2. The molecule has 0 bridgehead atoms. The molecule has 244 valence electrons. The maximum atomic E-state index is 13.7. The van der Waals surface area contributed by atoms with Crippen LogP contribution in [0.1, 0.15) is 47.4 Å². The molecule has 0 unspecified atom stereocenters. The molecule has 10 nitrogen and oxygen atoms in total. The number of allylic oxidation sites excluding steroid dienone is 1. The van der Waals surface area contributed by atoms with Crippen molar-refractivity contribution < 1.29 is 33.3 Å². The number of morpholine rings is 1. The molecule has 2 heterocycles. The van der Waals surface area contributed by atoms with E-state index < -0.39 is 18.5 Å². The molecule has 4 aromatic rings. The van der Waals surface area contributed by atoms with Crippen molar-refractivity contribution in [3.63, 3.8) is 0 Å². The molecule has 1 N–H and O–H groups in total. The number of methoxy groups -OCH3 is 1. The third-order valence-electron chi connectivity index (χ3n) is 8.22. The highest BCUT2D eigenvalue weighted by molar-refractivity contribution is 6.08. The second-order valence-corrected chi connectivity index (χ2v) is 11.2. The fraction of sp³-hybridized carbons (Fsp3) is 0.324. The number of hydrogen-bond acceptors (Lipinski definition) is 9. The number of rotatable bonds is 11. The van der Waals surface area contributed by atoms with Gasteiger partial charge in [-0.05, 0) is 67.7 Å². The summed E-state index contributed by atoms with van der Waals surface area (Å²) in [5, 5.41) is 3.56. The molecule has 1 fully saturated rings. The van der Waals surface area contributed by atoms with Crippen LogP contribution in [0.15, 0.2) is 60.7 Å². The van der Waals surface area contributed by atoms with Crippen LogP contribution < -0.4 is 24.4 Å². The van der Waals surface area contributed by atoms with E-state index in [4.69, 9.17) is 28.7 Å². The van der Waals surface area contributed by atoms with Gasteiger partial charge in [-0.1, -0.05) is 30.3 Å². The minimum absolute atomic E-state index is 0.406. The third kappa shape index (κ3) is 7.02. The van der Waals surface area contributed by atoms with Crippen LogP contribution in [0, 0.1) is 0 Å². The molecule has 47 heavy (non-hydrogen) atoms. The Morgan fingerprint density at radius 3 is 2.45 bits per heavy atom. The number of anilines is 2. The van der Waals surface area contributed by atoms with Crippen LogP contribution in [0.2, 0.25) is 0 Å². The van der Waals surface area contributed by atoms with Gasteiger partial charge in [0, 0.05) is 30.6 Å². The fourth-order valence-corrected chi connectivity index (χ4v) is 6.05. The summed E-state index contributed by atoms with van der Waals surface area (Å²) < 4.78 is 28.3. The van der Waals surface area contributed by atoms with Crippen molar-refractivity contribution in [2.24, 2.45) is 0 Å². The molecule has 0 radical (unpaired) electrons. The number of ether oxygens (including phenoxy) is 5. The predicted molar refractivity (Wildman–Crippen MR) is 182 cm³/mol. The lowest BCUT2D eigenvalue weighted by atomic mass is 10.0. The van der Waals surface area contributed by atoms with Crippen molar-refractivity contribution in [2.75, 3.05) is 63.5 Å². The van der Waals surface area contributed by atoms with E-state index in [1.165, 1.54) is 0 Å². The number of benzene rings is 3. The molecule has 10 heteroatoms. The summed E-state index contributed by atoms with van der Waals surface area (Å²) in [6.07, 6.45) is 3.46. The van der Waals surface area contributed by atoms with Crippen molar-refractivity contribution >= 4 is 45.8 Å². The maximum Gasteiger partial charge on any atom is 0.339 e. The van der Waals surface area contributed by atoms with E-state index in [1.807, 2.05) is 68.4 Å². The Bertz CT molecular complexity index is 1800. The van der Waals surface area contributed by atoms with Gasteiger partial charge < -0.3 is 33.9 Å². The topological polar surface area (TPSA) is 108 Å². The van der Waals surface area contributed by atoms with Crippen LogP contribution >= 0.6 is 0 Å². The highest BCUT2D eigenvalue weighted by Crippen LogP contribution is 2.40. The Labute approximate surface area is 274 Å². The molecule has 1 saturated heterocycles. The van der Waals surface area contributed by atoms with E-state index in [0.29, 0.717) is 66.5 Å². The van der Waals surface area contributed by atoms with Crippen molar-refractivity contribution in [2.45, 2.75) is 26.7 Å². The molecule has 0 spiro atoms. The number of nitrogens with one attached hydrogen (secondary N) is 1. The Morgan fingerprint density at radius 1 is 0.957 bits per heavy atom. The van der Waals surface area contributed by atoms with E-state index in [1.54, 1.807) is 13.2 Å². The fourth-order valence-electron chi connectivity index (χ4n) is 6.05. The first-order valence-corrected chi connectivity index (χ1v) is 16.0. The molecular weight excluding hydrogens is 598 g/mol. The van der Waals surface area contributed by atoms with E-state index >= 15 is 0 Å². The Morgan fingerprint density at radius 2 is 1.70 bits per heavy atom. The molecule has 1 aromatic heterocycles. The van der Waals surface area contributed by atoms with Crippen LogP contribution in [0.5, 0.6) is 17.2 Å². The standard InChI is InChI=1S/C37H39N3O7/c1-4-45-32-22-31(40-16-18-44-19-17-40)33(46-5-2)21-30(32)38-34(41)23-47-37(42)35-27-8-6-7-9-29(27)39-36-25(12-15-28(35)36)20-24-10-13-26(43-3)14-11-24/h6-11,13-14,20-22H,4-5,12,15-19,23H2,1-3H3,(H,38,41)/b25-20-. The van der Waals surface area contributed by atoms with E-state index in [-0.39, 0.29) is 0 Å². The average molecular weight is 638 g/mol. The summed E-state index contributed by atoms with van der Waals surface area (Å²) in [7, 11) is 1.64. The zero-order chi connectivity index (χ0) is 32.8. The summed E-state index contributed by atoms with van der Waals surface area (Å²) in [5.74, 6) is 0.860. The lowest BCUT2D eigenvalue weighted by Gasteiger charge is -2.31. The summed E-state index contributed by atoms with van der Waals surface area (Å²) in [4.78, 5) is 34.0. The van der Waals surface area contributed by atoms with Crippen LogP contribution in [0.3, 0.4) is 0 Å². The molecule has 6 rings (SSSR count). The lowest BCUT2D eigenvalue weighted by Crippen LogP contribution is -2.36. The van der Waals surface area contributed by atoms with Gasteiger partial charge in [0.15, 0.2) is 6.61 Å². The normalized spacial score (nSPS) is 15.0. The Kier molecular flexibility index (Phi) is 9.87. The smallest absolute Gasteiger partial charge is 0.339 e. The summed E-state index contributed by atoms with van der Waals surface area (Å²) in [6, 6.07) is 19.0. The first kappa shape index (κ1) is 31.9. The molecule has 3 aromatic carbocycles. The number of pyridine rings is 1. The van der Waals surface area contributed by atoms with Gasteiger partial charge >= 0.3 is 5.97 Å². The van der Waals surface area contributed by atoms with Crippen molar-refractivity contribution in [3.05, 3.63) is 83.0 Å². The van der Waals surface area contributed by atoms with Crippen molar-refractivity contribution in [1.82, 2.24) is 4.98 Å². The molecule has 2 aliphatic rings. The van der Waals surface area contributed by atoms with Gasteiger partial charge in [-0.25, -0.2) is 9.78 Å². The number of para-hydroxylation sites is 1. The van der Waals surface area contributed by atoms with Crippen LogP contribution in [0.25, 0.3) is 22.6 Å². The largest absolute Gasteiger partial charge is 0.497 e. The number of nitrogens with zero attached hydrogens (tertiary/aromatic N) is 2. The second kappa shape index (κ2) is 14.6. The first-order chi connectivity index (χ1) is 23.0. The van der Waals surface area contributed by atoms with Gasteiger partial charge in [0.25, 0.3) is 5.91 Å². The number of aromatic nitrogens is 1. The molecular formula is C37H39N3O7. The number of carbonyl (C=O) groups excluding carboxylic acids is 2. The Balaban J connectivity index is 1.23. The number of fused-ring (bicyclic) bond motifs is 2. The zero-order valence-electron chi connectivity index (χ0n) is 27.0. The summed E-state index contributed by atoms with van der Waals surface area (Å²) in [5.41, 5.74) is 6.11. The van der Waals surface area contributed by atoms with Crippen LogP contribution in [0.4, 0.5) is 11.4 Å². The van der Waals surface area contributed by atoms with Gasteiger partial charge in [0.05, 0.1) is 61.7 Å². The minimum Gasteiger partial charge on any atom is -0.497 e. The van der Waals surface area contributed by atoms with E-state index in [0.717, 1.165) is 53.3 Å². The van der Waals surface area contributed by atoms with Crippen LogP contribution in [-0.4, -0.2) is 70.1 Å². The SMILES string of the molecule is CCOc1cc(N2CCOCC2)c(OCC)cc1NC(=O)COC(=O)c1c2c(nc3ccccc13)/C(=C\c1ccc(OC)cc1)CC2. The van der Waals surface area contributed by atoms with Crippen LogP contribution in [-0.2, 0) is 20.7 Å². The highest BCUT2D eigenvalue weighted by atomic mass is 16.5. The summed E-state index contributed by atoms with van der Waals surface area (Å²) >= 11 is 0. The molecule has 1 aliphatic heterocycles. The maximum absolute atomic E-state index is 13.7. The van der Waals surface area contributed by atoms with Gasteiger partial charge in [0.2, 0.25) is 0 Å². The van der Waals surface area contributed by atoms with Crippen molar-refractivity contribution in [1.29, 1.82) is 0 Å². The molecule has 1 aliphatic carbocycles. The van der Waals surface area contributed by atoms with Gasteiger partial charge in [0.1, 0.15) is 17.2 Å². The first-order valence-electron chi connectivity index (χ1n) is 16.0. The molecule has 1 amide bonds. The second-order valence-electron chi connectivity index (χ2n) is 11.2. The number of amides is 1. The average Bonchev–Trinajstić information content (AvgIpc) is 3.49. The monoisotopic (exact) mass is 637 g/mol. The van der Waals surface area contributed by atoms with E-state index in [2.05, 4.69) is 16.3 Å². The predicted octanol–water partition coefficient (Wildman–Crippen LogP) is 6.16. The molecule has 0 atom stereocenters. The van der Waals surface area contributed by atoms with Crippen molar-refractivity contribution in [3.8, 4) is 17.2 Å². The highest BCUT2D eigenvalue weighted by Gasteiger charge is 2.28. The zero-order valence-corrected chi connectivity index (χ0v) is 27.0. The number of esters is 1. The Hall–Kier alpha value is -5.09. The number of hydrogen-bond donors (Lipinski definition) is 1. The van der Waals surface area contributed by atoms with E-state index in [9.17, 15) is 9.59 Å². The third-order valence-corrected chi connectivity index (χ3v) is 8.22. The van der Waals surface area contributed by atoms with Gasteiger partial charge in [-0.2, -0.15) is 0 Å². The lowest BCUT2D eigenvalue weighted by molar-refractivity contribution is -0.119.